The van der Waals surface area contributed by atoms with Crippen molar-refractivity contribution in [1.82, 2.24) is 10.6 Å². The van der Waals surface area contributed by atoms with Gasteiger partial charge in [0, 0.05) is 25.1 Å². The largest absolute Gasteiger partial charge is 0.354 e. The van der Waals surface area contributed by atoms with E-state index in [1.54, 1.807) is 0 Å². The molecule has 2 amide bonds. The first kappa shape index (κ1) is 14.7. The van der Waals surface area contributed by atoms with Crippen molar-refractivity contribution >= 4 is 23.2 Å². The summed E-state index contributed by atoms with van der Waals surface area (Å²) in [4.78, 5) is 33.6. The summed E-state index contributed by atoms with van der Waals surface area (Å²) in [6, 6.07) is 3.91. The smallest absolute Gasteiger partial charge is 0.294 e. The minimum absolute atomic E-state index is 0.0418. The van der Waals surface area contributed by atoms with E-state index in [4.69, 9.17) is 5.84 Å². The zero-order valence-corrected chi connectivity index (χ0v) is 11.1. The third kappa shape index (κ3) is 3.26. The number of nitrogens with one attached hydrogen (secondary N) is 3. The first-order valence-corrected chi connectivity index (χ1v) is 6.34. The number of nitro benzene ring substituents is 1. The lowest BCUT2D eigenvalue weighted by Crippen LogP contribution is -2.47. The topological polar surface area (TPSA) is 139 Å². The third-order valence-electron chi connectivity index (χ3n) is 3.23. The Hall–Kier alpha value is -2.68. The van der Waals surface area contributed by atoms with Crippen molar-refractivity contribution in [2.24, 2.45) is 5.84 Å². The summed E-state index contributed by atoms with van der Waals surface area (Å²) < 4.78 is 0. The molecule has 5 N–H and O–H groups in total. The summed E-state index contributed by atoms with van der Waals surface area (Å²) in [7, 11) is 0. The minimum atomic E-state index is -0.618. The van der Waals surface area contributed by atoms with Crippen molar-refractivity contribution in [1.29, 1.82) is 0 Å². The number of para-hydroxylation sites is 1. The fourth-order valence-corrected chi connectivity index (χ4v) is 2.15. The van der Waals surface area contributed by atoms with Crippen molar-refractivity contribution in [2.75, 3.05) is 12.0 Å². The molecular formula is C12H15N5O4. The standard InChI is InChI=1S/C12H15N5O4/c13-16-11-8(2-1-3-9(11)17(20)21)12(19)15-7-4-5-10(18)14-6-7/h1-3,7,16H,4-6,13H2,(H,14,18)(H,15,19). The molecule has 0 aliphatic carbocycles. The summed E-state index contributed by atoms with van der Waals surface area (Å²) in [6.07, 6.45) is 0.861. The van der Waals surface area contributed by atoms with E-state index in [0.717, 1.165) is 0 Å². The molecule has 0 aromatic heterocycles. The second-order valence-electron chi connectivity index (χ2n) is 4.61. The summed E-state index contributed by atoms with van der Waals surface area (Å²) in [5.74, 6) is 4.75. The van der Waals surface area contributed by atoms with Crippen molar-refractivity contribution in [3.05, 3.63) is 33.9 Å². The molecule has 1 aromatic carbocycles. The number of rotatable bonds is 4. The van der Waals surface area contributed by atoms with Crippen LogP contribution in [0, 0.1) is 10.1 Å². The first-order valence-electron chi connectivity index (χ1n) is 6.34. The maximum absolute atomic E-state index is 12.2. The highest BCUT2D eigenvalue weighted by atomic mass is 16.6. The molecule has 1 fully saturated rings. The molecule has 1 heterocycles. The molecular weight excluding hydrogens is 278 g/mol. The fraction of sp³-hybridized carbons (Fsp3) is 0.333. The van der Waals surface area contributed by atoms with Crippen LogP contribution >= 0.6 is 0 Å². The molecule has 0 spiro atoms. The fourth-order valence-electron chi connectivity index (χ4n) is 2.15. The second kappa shape index (κ2) is 6.18. The minimum Gasteiger partial charge on any atom is -0.354 e. The Morgan fingerprint density at radius 2 is 2.24 bits per heavy atom. The zero-order valence-electron chi connectivity index (χ0n) is 11.1. The van der Waals surface area contributed by atoms with Gasteiger partial charge in [-0.25, -0.2) is 0 Å². The van der Waals surface area contributed by atoms with Crippen LogP contribution in [0.5, 0.6) is 0 Å². The van der Waals surface area contributed by atoms with Crippen molar-refractivity contribution < 1.29 is 14.5 Å². The molecule has 1 aliphatic rings. The summed E-state index contributed by atoms with van der Waals surface area (Å²) in [6.45, 7) is 0.338. The van der Waals surface area contributed by atoms with Crippen molar-refractivity contribution in [2.45, 2.75) is 18.9 Å². The van der Waals surface area contributed by atoms with Crippen LogP contribution in [0.4, 0.5) is 11.4 Å². The van der Waals surface area contributed by atoms with E-state index in [2.05, 4.69) is 16.1 Å². The molecule has 1 saturated heterocycles. The van der Waals surface area contributed by atoms with E-state index < -0.39 is 10.8 Å². The summed E-state index contributed by atoms with van der Waals surface area (Å²) in [5.41, 5.74) is 1.97. The van der Waals surface area contributed by atoms with Gasteiger partial charge in [-0.3, -0.25) is 25.5 Å². The van der Waals surface area contributed by atoms with Gasteiger partial charge in [0.2, 0.25) is 5.91 Å². The van der Waals surface area contributed by atoms with E-state index in [1.165, 1.54) is 18.2 Å². The monoisotopic (exact) mass is 293 g/mol. The average molecular weight is 293 g/mol. The number of nitrogen functional groups attached to an aromatic ring is 1. The van der Waals surface area contributed by atoms with Crippen LogP contribution in [0.25, 0.3) is 0 Å². The average Bonchev–Trinajstić information content (AvgIpc) is 2.48. The van der Waals surface area contributed by atoms with Gasteiger partial charge in [-0.15, -0.1) is 0 Å². The molecule has 21 heavy (non-hydrogen) atoms. The maximum atomic E-state index is 12.2. The van der Waals surface area contributed by atoms with Gasteiger partial charge < -0.3 is 16.1 Å². The number of amides is 2. The summed E-state index contributed by atoms with van der Waals surface area (Å²) >= 11 is 0. The van der Waals surface area contributed by atoms with Crippen molar-refractivity contribution in [3.8, 4) is 0 Å². The molecule has 1 aliphatic heterocycles. The van der Waals surface area contributed by atoms with Crippen LogP contribution in [0.2, 0.25) is 0 Å². The quantitative estimate of drug-likeness (QED) is 0.347. The van der Waals surface area contributed by atoms with Crippen LogP contribution in [-0.4, -0.2) is 29.3 Å². The van der Waals surface area contributed by atoms with Gasteiger partial charge in [-0.2, -0.15) is 0 Å². The van der Waals surface area contributed by atoms with Crippen molar-refractivity contribution in [3.63, 3.8) is 0 Å². The van der Waals surface area contributed by atoms with Gasteiger partial charge in [0.1, 0.15) is 5.69 Å². The molecule has 0 bridgehead atoms. The highest BCUT2D eigenvalue weighted by Crippen LogP contribution is 2.27. The number of nitrogens with two attached hydrogens (primary N) is 1. The van der Waals surface area contributed by atoms with Gasteiger partial charge in [0.05, 0.1) is 10.5 Å². The zero-order chi connectivity index (χ0) is 15.4. The Morgan fingerprint density at radius 1 is 1.48 bits per heavy atom. The van der Waals surface area contributed by atoms with E-state index in [-0.39, 0.29) is 28.9 Å². The number of hydrogen-bond acceptors (Lipinski definition) is 6. The number of anilines is 1. The number of hydrogen-bond donors (Lipinski definition) is 4. The van der Waals surface area contributed by atoms with Gasteiger partial charge in [-0.1, -0.05) is 6.07 Å². The van der Waals surface area contributed by atoms with Crippen LogP contribution in [0.15, 0.2) is 18.2 Å². The molecule has 0 saturated carbocycles. The number of benzene rings is 1. The molecule has 1 aromatic rings. The first-order chi connectivity index (χ1) is 10.0. The number of hydrazine groups is 1. The van der Waals surface area contributed by atoms with E-state index in [9.17, 15) is 19.7 Å². The maximum Gasteiger partial charge on any atom is 0.294 e. The third-order valence-corrected chi connectivity index (χ3v) is 3.23. The lowest BCUT2D eigenvalue weighted by Gasteiger charge is -2.23. The van der Waals surface area contributed by atoms with Gasteiger partial charge >= 0.3 is 0 Å². The molecule has 1 atom stereocenters. The van der Waals surface area contributed by atoms with E-state index in [0.29, 0.717) is 19.4 Å². The molecule has 9 heteroatoms. The number of piperidine rings is 1. The van der Waals surface area contributed by atoms with Crippen LogP contribution in [0.1, 0.15) is 23.2 Å². The Balaban J connectivity index is 2.17. The SMILES string of the molecule is NNc1c(C(=O)NC2CCC(=O)NC2)cccc1[N+](=O)[O-]. The molecule has 2 rings (SSSR count). The van der Waals surface area contributed by atoms with Gasteiger partial charge in [0.15, 0.2) is 0 Å². The van der Waals surface area contributed by atoms with E-state index in [1.807, 2.05) is 0 Å². The highest BCUT2D eigenvalue weighted by molar-refractivity contribution is 6.01. The Bertz CT molecular complexity index is 579. The molecule has 0 radical (unpaired) electrons. The lowest BCUT2D eigenvalue weighted by molar-refractivity contribution is -0.384. The van der Waals surface area contributed by atoms with Crippen LogP contribution in [0.3, 0.4) is 0 Å². The second-order valence-corrected chi connectivity index (χ2v) is 4.61. The number of nitrogens with zero attached hydrogens (tertiary/aromatic N) is 1. The Kier molecular flexibility index (Phi) is 4.33. The number of nitro groups is 1. The molecule has 9 nitrogen and oxygen atoms in total. The normalized spacial score (nSPS) is 17.8. The van der Waals surface area contributed by atoms with Crippen LogP contribution in [-0.2, 0) is 4.79 Å². The van der Waals surface area contributed by atoms with E-state index >= 15 is 0 Å². The Morgan fingerprint density at radius 3 is 2.81 bits per heavy atom. The van der Waals surface area contributed by atoms with Gasteiger partial charge in [0.25, 0.3) is 11.6 Å². The predicted octanol–water partition coefficient (Wildman–Crippen LogP) is -0.111. The molecule has 1 unspecified atom stereocenters. The Labute approximate surface area is 120 Å². The highest BCUT2D eigenvalue weighted by Gasteiger charge is 2.24. The number of carbonyl (C=O) groups is 2. The van der Waals surface area contributed by atoms with Gasteiger partial charge in [-0.05, 0) is 12.5 Å². The predicted molar refractivity (Wildman–Crippen MR) is 74.4 cm³/mol. The lowest BCUT2D eigenvalue weighted by atomic mass is 10.1. The number of carbonyl (C=O) groups excluding carboxylic acids is 2. The molecule has 112 valence electrons. The van der Waals surface area contributed by atoms with Crippen LogP contribution < -0.4 is 21.9 Å². The summed E-state index contributed by atoms with van der Waals surface area (Å²) in [5, 5.41) is 16.3.